The van der Waals surface area contributed by atoms with Crippen LogP contribution in [0.3, 0.4) is 0 Å². The third kappa shape index (κ3) is 2.31. The second-order valence-electron chi connectivity index (χ2n) is 4.58. The van der Waals surface area contributed by atoms with Crippen LogP contribution in [-0.4, -0.2) is 25.4 Å². The summed E-state index contributed by atoms with van der Waals surface area (Å²) >= 11 is 0. The first-order chi connectivity index (χ1) is 8.04. The molecule has 0 saturated heterocycles. The zero-order chi connectivity index (χ0) is 12.5. The third-order valence-corrected chi connectivity index (χ3v) is 2.71. The average Bonchev–Trinajstić information content (AvgIpc) is 2.50. The van der Waals surface area contributed by atoms with Crippen molar-refractivity contribution in [3.05, 3.63) is 17.7 Å². The molecular weight excluding hydrogens is 220 g/mol. The van der Waals surface area contributed by atoms with E-state index in [9.17, 15) is 5.11 Å². The summed E-state index contributed by atoms with van der Waals surface area (Å²) in [6.45, 7) is 4.63. The van der Waals surface area contributed by atoms with Gasteiger partial charge in [0.1, 0.15) is 5.75 Å². The number of methoxy groups -OCH3 is 1. The van der Waals surface area contributed by atoms with Crippen LogP contribution in [0.25, 0.3) is 0 Å². The van der Waals surface area contributed by atoms with E-state index in [2.05, 4.69) is 0 Å². The number of aliphatic hydroxyl groups is 1. The molecular formula is C13H18O4. The monoisotopic (exact) mass is 238 g/mol. The summed E-state index contributed by atoms with van der Waals surface area (Å²) in [4.78, 5) is 0. The Kier molecular flexibility index (Phi) is 3.15. The number of hydrogen-bond donors (Lipinski definition) is 1. The maximum atomic E-state index is 10.2. The third-order valence-electron chi connectivity index (χ3n) is 2.71. The Morgan fingerprint density at radius 2 is 1.94 bits per heavy atom. The lowest BCUT2D eigenvalue weighted by molar-refractivity contribution is 0.0716. The zero-order valence-electron chi connectivity index (χ0n) is 10.4. The van der Waals surface area contributed by atoms with Crippen LogP contribution >= 0.6 is 0 Å². The molecule has 1 heterocycles. The van der Waals surface area contributed by atoms with Gasteiger partial charge < -0.3 is 19.3 Å². The van der Waals surface area contributed by atoms with Crippen LogP contribution in [0.15, 0.2) is 12.1 Å². The molecule has 0 unspecified atom stereocenters. The van der Waals surface area contributed by atoms with Crippen LogP contribution in [0.2, 0.25) is 0 Å². The summed E-state index contributed by atoms with van der Waals surface area (Å²) in [6.07, 6.45) is 0.836. The first-order valence-corrected chi connectivity index (χ1v) is 5.73. The second-order valence-corrected chi connectivity index (χ2v) is 4.58. The predicted molar refractivity (Wildman–Crippen MR) is 63.8 cm³/mol. The molecule has 0 amide bonds. The molecule has 0 bridgehead atoms. The van der Waals surface area contributed by atoms with Crippen molar-refractivity contribution < 1.29 is 19.3 Å². The highest BCUT2D eigenvalue weighted by atomic mass is 16.5. The quantitative estimate of drug-likeness (QED) is 0.857. The molecule has 1 N–H and O–H groups in total. The van der Waals surface area contributed by atoms with Gasteiger partial charge in [0.2, 0.25) is 0 Å². The summed E-state index contributed by atoms with van der Waals surface area (Å²) in [5.41, 5.74) is -0.399. The average molecular weight is 238 g/mol. The van der Waals surface area contributed by atoms with Crippen molar-refractivity contribution in [3.63, 3.8) is 0 Å². The Bertz CT molecular complexity index is 407. The van der Waals surface area contributed by atoms with Crippen LogP contribution < -0.4 is 14.2 Å². The first-order valence-electron chi connectivity index (χ1n) is 5.73. The number of fused-ring (bicyclic) bond motifs is 1. The number of benzene rings is 1. The molecule has 0 fully saturated rings. The summed E-state index contributed by atoms with van der Waals surface area (Å²) in [6, 6.07) is 3.61. The Labute approximate surface area is 101 Å². The molecule has 0 spiro atoms. The molecule has 0 aromatic heterocycles. The number of ether oxygens (including phenoxy) is 3. The Hall–Kier alpha value is -1.42. The zero-order valence-corrected chi connectivity index (χ0v) is 10.4. The fourth-order valence-corrected chi connectivity index (χ4v) is 1.97. The molecule has 0 aliphatic carbocycles. The minimum absolute atomic E-state index is 0.587. The molecule has 0 atom stereocenters. The van der Waals surface area contributed by atoms with Crippen molar-refractivity contribution in [1.82, 2.24) is 0 Å². The van der Waals surface area contributed by atoms with Crippen molar-refractivity contribution in [1.29, 1.82) is 0 Å². The van der Waals surface area contributed by atoms with Crippen LogP contribution in [0, 0.1) is 0 Å². The van der Waals surface area contributed by atoms with Gasteiger partial charge in [0.25, 0.3) is 0 Å². The van der Waals surface area contributed by atoms with Gasteiger partial charge in [0.05, 0.1) is 31.5 Å². The fraction of sp³-hybridized carbons (Fsp3) is 0.538. The van der Waals surface area contributed by atoms with Crippen molar-refractivity contribution in [2.45, 2.75) is 25.9 Å². The van der Waals surface area contributed by atoms with Gasteiger partial charge in [-0.15, -0.1) is 0 Å². The van der Waals surface area contributed by atoms with E-state index in [1.54, 1.807) is 27.0 Å². The normalized spacial score (nSPS) is 15.3. The molecule has 1 aliphatic heterocycles. The van der Waals surface area contributed by atoms with Gasteiger partial charge >= 0.3 is 0 Å². The molecule has 17 heavy (non-hydrogen) atoms. The Balaban J connectivity index is 2.59. The molecule has 2 rings (SSSR count). The molecule has 1 aliphatic rings. The van der Waals surface area contributed by atoms with E-state index in [0.29, 0.717) is 36.0 Å². The van der Waals surface area contributed by atoms with E-state index in [-0.39, 0.29) is 0 Å². The smallest absolute Gasteiger partial charge is 0.170 e. The van der Waals surface area contributed by atoms with Gasteiger partial charge in [0.15, 0.2) is 11.5 Å². The topological polar surface area (TPSA) is 47.9 Å². The first kappa shape index (κ1) is 12.0. The Morgan fingerprint density at radius 1 is 1.24 bits per heavy atom. The van der Waals surface area contributed by atoms with Gasteiger partial charge in [-0.05, 0) is 26.0 Å². The predicted octanol–water partition coefficient (Wildman–Crippen LogP) is 2.08. The van der Waals surface area contributed by atoms with Gasteiger partial charge in [-0.3, -0.25) is 0 Å². The lowest BCUT2D eigenvalue weighted by atomic mass is 9.95. The van der Waals surface area contributed by atoms with Crippen LogP contribution in [0.4, 0.5) is 0 Å². The van der Waals surface area contributed by atoms with E-state index in [1.807, 2.05) is 6.07 Å². The van der Waals surface area contributed by atoms with Crippen LogP contribution in [0.1, 0.15) is 25.8 Å². The lowest BCUT2D eigenvalue weighted by Gasteiger charge is -2.24. The summed E-state index contributed by atoms with van der Waals surface area (Å²) in [5.74, 6) is 1.87. The maximum Gasteiger partial charge on any atom is 0.170 e. The highest BCUT2D eigenvalue weighted by Gasteiger charge is 2.29. The fourth-order valence-electron chi connectivity index (χ4n) is 1.97. The number of rotatable bonds is 2. The molecule has 4 nitrogen and oxygen atoms in total. The summed E-state index contributed by atoms with van der Waals surface area (Å²) in [5, 5.41) is 10.2. The number of hydrogen-bond acceptors (Lipinski definition) is 4. The molecule has 94 valence electrons. The van der Waals surface area contributed by atoms with Crippen LogP contribution in [-0.2, 0) is 5.60 Å². The highest BCUT2D eigenvalue weighted by molar-refractivity contribution is 5.56. The Morgan fingerprint density at radius 3 is 2.59 bits per heavy atom. The van der Waals surface area contributed by atoms with E-state index in [1.165, 1.54) is 0 Å². The second kappa shape index (κ2) is 4.45. The van der Waals surface area contributed by atoms with Crippen LogP contribution in [0.5, 0.6) is 17.2 Å². The van der Waals surface area contributed by atoms with E-state index in [0.717, 1.165) is 6.42 Å². The lowest BCUT2D eigenvalue weighted by Crippen LogP contribution is -2.18. The van der Waals surface area contributed by atoms with E-state index < -0.39 is 5.60 Å². The van der Waals surface area contributed by atoms with Crippen molar-refractivity contribution in [2.75, 3.05) is 20.3 Å². The molecule has 0 radical (unpaired) electrons. The molecule has 0 saturated carbocycles. The van der Waals surface area contributed by atoms with Crippen molar-refractivity contribution >= 4 is 0 Å². The molecule has 1 aromatic carbocycles. The van der Waals surface area contributed by atoms with Gasteiger partial charge in [-0.1, -0.05) is 0 Å². The maximum absolute atomic E-state index is 10.2. The largest absolute Gasteiger partial charge is 0.496 e. The summed E-state index contributed by atoms with van der Waals surface area (Å²) in [7, 11) is 1.58. The van der Waals surface area contributed by atoms with Crippen molar-refractivity contribution in [3.8, 4) is 17.2 Å². The summed E-state index contributed by atoms with van der Waals surface area (Å²) < 4.78 is 16.6. The highest BCUT2D eigenvalue weighted by Crippen LogP contribution is 2.44. The van der Waals surface area contributed by atoms with Gasteiger partial charge in [0, 0.05) is 6.42 Å². The minimum atomic E-state index is -1.04. The minimum Gasteiger partial charge on any atom is -0.496 e. The van der Waals surface area contributed by atoms with Gasteiger partial charge in [-0.2, -0.15) is 0 Å². The van der Waals surface area contributed by atoms with E-state index in [4.69, 9.17) is 14.2 Å². The standard InChI is InChI=1S/C13H18O4/c1-13(2,14)11-9(15-3)5-6-10-12(11)17-8-4-7-16-10/h5-6,14H,4,7-8H2,1-3H3. The van der Waals surface area contributed by atoms with Crippen molar-refractivity contribution in [2.24, 2.45) is 0 Å². The van der Waals surface area contributed by atoms with Gasteiger partial charge in [-0.25, -0.2) is 0 Å². The van der Waals surface area contributed by atoms with E-state index >= 15 is 0 Å². The molecule has 1 aromatic rings. The molecule has 4 heteroatoms. The SMILES string of the molecule is COc1ccc2c(c1C(C)(C)O)OCCCO2.